The Labute approximate surface area is 106 Å². The van der Waals surface area contributed by atoms with Gasteiger partial charge in [0.15, 0.2) is 5.57 Å². The fourth-order valence-electron chi connectivity index (χ4n) is 1.38. The Morgan fingerprint density at radius 1 is 1.44 bits per heavy atom. The van der Waals surface area contributed by atoms with Crippen molar-refractivity contribution in [1.82, 2.24) is 0 Å². The lowest BCUT2D eigenvalue weighted by molar-refractivity contribution is -0.137. The highest BCUT2D eigenvalue weighted by Gasteiger charge is 2.15. The lowest BCUT2D eigenvalue weighted by Gasteiger charge is -2.06. The first-order valence-corrected chi connectivity index (χ1v) is 5.49. The molecule has 0 spiro atoms. The second kappa shape index (κ2) is 6.30. The molecular formula is C13H15N3O2. The van der Waals surface area contributed by atoms with Crippen molar-refractivity contribution in [1.29, 1.82) is 5.26 Å². The van der Waals surface area contributed by atoms with Crippen LogP contribution in [0, 0.1) is 11.3 Å². The van der Waals surface area contributed by atoms with Crippen LogP contribution in [0.4, 0.5) is 5.69 Å². The third-order valence-electron chi connectivity index (χ3n) is 2.35. The Kier molecular flexibility index (Phi) is 4.76. The fraction of sp³-hybridized carbons (Fsp3) is 0.231. The Bertz CT molecular complexity index is 498. The van der Waals surface area contributed by atoms with Crippen LogP contribution in [0.5, 0.6) is 0 Å². The first-order valence-electron chi connectivity index (χ1n) is 5.49. The van der Waals surface area contributed by atoms with Gasteiger partial charge in [0.25, 0.3) is 0 Å². The van der Waals surface area contributed by atoms with Gasteiger partial charge in [0.1, 0.15) is 6.07 Å². The van der Waals surface area contributed by atoms with Gasteiger partial charge in [0.2, 0.25) is 0 Å². The van der Waals surface area contributed by atoms with E-state index in [0.717, 1.165) is 5.69 Å². The number of carbonyl (C=O) groups excluding carboxylic acids is 1. The van der Waals surface area contributed by atoms with Crippen LogP contribution in [-0.2, 0) is 9.53 Å². The summed E-state index contributed by atoms with van der Waals surface area (Å²) in [4.78, 5) is 11.5. The van der Waals surface area contributed by atoms with Crippen molar-refractivity contribution >= 4 is 17.4 Å². The molecule has 0 fully saturated rings. The lowest BCUT2D eigenvalue weighted by Crippen LogP contribution is -2.12. The average Bonchev–Trinajstić information content (AvgIpc) is 2.40. The third-order valence-corrected chi connectivity index (χ3v) is 2.35. The van der Waals surface area contributed by atoms with Crippen molar-refractivity contribution in [3.8, 4) is 6.07 Å². The van der Waals surface area contributed by atoms with Crippen LogP contribution in [0.2, 0.25) is 0 Å². The summed E-state index contributed by atoms with van der Waals surface area (Å²) in [5.41, 5.74) is 7.29. The van der Waals surface area contributed by atoms with E-state index in [1.807, 2.05) is 12.1 Å². The molecule has 1 rings (SSSR count). The van der Waals surface area contributed by atoms with Gasteiger partial charge in [-0.15, -0.1) is 0 Å². The Morgan fingerprint density at radius 2 is 2.06 bits per heavy atom. The van der Waals surface area contributed by atoms with Gasteiger partial charge in [0.05, 0.1) is 12.3 Å². The summed E-state index contributed by atoms with van der Waals surface area (Å²) in [7, 11) is 1.80. The Morgan fingerprint density at radius 3 is 2.50 bits per heavy atom. The molecule has 0 saturated heterocycles. The quantitative estimate of drug-likeness (QED) is 0.476. The van der Waals surface area contributed by atoms with Crippen LogP contribution < -0.4 is 11.1 Å². The van der Waals surface area contributed by atoms with Crippen LogP contribution in [0.25, 0.3) is 5.70 Å². The smallest absolute Gasteiger partial charge is 0.351 e. The van der Waals surface area contributed by atoms with Crippen LogP contribution in [0.1, 0.15) is 12.5 Å². The minimum atomic E-state index is -0.699. The summed E-state index contributed by atoms with van der Waals surface area (Å²) in [6, 6.07) is 8.86. The predicted molar refractivity (Wildman–Crippen MR) is 69.3 cm³/mol. The minimum Gasteiger partial charge on any atom is -0.462 e. The second-order valence-corrected chi connectivity index (χ2v) is 3.45. The average molecular weight is 245 g/mol. The summed E-state index contributed by atoms with van der Waals surface area (Å²) in [5.74, 6) is -0.699. The van der Waals surface area contributed by atoms with Crippen molar-refractivity contribution in [2.45, 2.75) is 6.92 Å². The van der Waals surface area contributed by atoms with Gasteiger partial charge in [-0.3, -0.25) is 0 Å². The number of hydrogen-bond acceptors (Lipinski definition) is 5. The second-order valence-electron chi connectivity index (χ2n) is 3.45. The molecule has 0 aromatic heterocycles. The summed E-state index contributed by atoms with van der Waals surface area (Å²) in [6.45, 7) is 1.88. The number of nitrogens with two attached hydrogens (primary N) is 1. The predicted octanol–water partition coefficient (Wildman–Crippen LogP) is 1.48. The van der Waals surface area contributed by atoms with Crippen molar-refractivity contribution in [3.05, 3.63) is 35.4 Å². The molecule has 5 heteroatoms. The van der Waals surface area contributed by atoms with E-state index < -0.39 is 5.97 Å². The lowest BCUT2D eigenvalue weighted by atomic mass is 10.1. The van der Waals surface area contributed by atoms with Crippen LogP contribution >= 0.6 is 0 Å². The van der Waals surface area contributed by atoms with Crippen molar-refractivity contribution < 1.29 is 9.53 Å². The highest BCUT2D eigenvalue weighted by Crippen LogP contribution is 2.17. The van der Waals surface area contributed by atoms with Gasteiger partial charge in [-0.05, 0) is 24.6 Å². The highest BCUT2D eigenvalue weighted by molar-refractivity contribution is 6.01. The summed E-state index contributed by atoms with van der Waals surface area (Å²) in [5, 5.41) is 11.9. The monoisotopic (exact) mass is 245 g/mol. The van der Waals surface area contributed by atoms with E-state index in [1.54, 1.807) is 32.2 Å². The number of rotatable bonds is 4. The maximum atomic E-state index is 11.5. The van der Waals surface area contributed by atoms with Crippen LogP contribution in [0.15, 0.2) is 29.8 Å². The first-order chi connectivity index (χ1) is 8.63. The fourth-order valence-corrected chi connectivity index (χ4v) is 1.38. The number of esters is 1. The zero-order valence-corrected chi connectivity index (χ0v) is 10.4. The van der Waals surface area contributed by atoms with Gasteiger partial charge >= 0.3 is 5.97 Å². The van der Waals surface area contributed by atoms with E-state index in [4.69, 9.17) is 15.7 Å². The van der Waals surface area contributed by atoms with E-state index in [1.165, 1.54) is 0 Å². The number of nitriles is 1. The molecule has 1 aromatic rings. The van der Waals surface area contributed by atoms with Crippen molar-refractivity contribution in [2.24, 2.45) is 5.73 Å². The van der Waals surface area contributed by atoms with E-state index in [2.05, 4.69) is 5.32 Å². The van der Waals surface area contributed by atoms with Gasteiger partial charge in [0, 0.05) is 12.7 Å². The molecule has 0 aliphatic heterocycles. The molecule has 94 valence electrons. The molecule has 0 unspecified atom stereocenters. The number of anilines is 1. The maximum absolute atomic E-state index is 11.5. The summed E-state index contributed by atoms with van der Waals surface area (Å²) >= 11 is 0. The molecule has 0 saturated carbocycles. The molecule has 3 N–H and O–H groups in total. The standard InChI is InChI=1S/C13H15N3O2/c1-3-18-13(17)11(8-14)12(15)9-4-6-10(16-2)7-5-9/h4-7,16H,3,15H2,1-2H3/b12-11-. The van der Waals surface area contributed by atoms with Crippen molar-refractivity contribution in [2.75, 3.05) is 19.0 Å². The molecule has 0 heterocycles. The minimum absolute atomic E-state index is 0.124. The first kappa shape index (κ1) is 13.6. The number of nitrogens with one attached hydrogen (secondary N) is 1. The topological polar surface area (TPSA) is 88.1 Å². The molecule has 0 aliphatic carbocycles. The van der Waals surface area contributed by atoms with Gasteiger partial charge in [-0.2, -0.15) is 5.26 Å². The molecule has 0 radical (unpaired) electrons. The summed E-state index contributed by atoms with van der Waals surface area (Å²) in [6.07, 6.45) is 0. The normalized spacial score (nSPS) is 11.2. The van der Waals surface area contributed by atoms with Crippen LogP contribution in [-0.4, -0.2) is 19.6 Å². The summed E-state index contributed by atoms with van der Waals surface area (Å²) < 4.78 is 4.77. The third kappa shape index (κ3) is 3.01. The molecule has 0 atom stereocenters. The molecular weight excluding hydrogens is 230 g/mol. The largest absolute Gasteiger partial charge is 0.462 e. The zero-order valence-electron chi connectivity index (χ0n) is 10.4. The molecule has 18 heavy (non-hydrogen) atoms. The van der Waals surface area contributed by atoms with E-state index in [9.17, 15) is 4.79 Å². The highest BCUT2D eigenvalue weighted by atomic mass is 16.5. The molecule has 0 aliphatic rings. The van der Waals surface area contributed by atoms with Gasteiger partial charge in [-0.25, -0.2) is 4.79 Å². The van der Waals surface area contributed by atoms with E-state index in [0.29, 0.717) is 5.56 Å². The Balaban J connectivity index is 3.11. The molecule has 1 aromatic carbocycles. The van der Waals surface area contributed by atoms with Gasteiger partial charge in [-0.1, -0.05) is 12.1 Å². The van der Waals surface area contributed by atoms with Gasteiger partial charge < -0.3 is 15.8 Å². The number of benzene rings is 1. The molecule has 5 nitrogen and oxygen atoms in total. The van der Waals surface area contributed by atoms with E-state index in [-0.39, 0.29) is 17.9 Å². The number of carbonyl (C=O) groups is 1. The van der Waals surface area contributed by atoms with Crippen molar-refractivity contribution in [3.63, 3.8) is 0 Å². The number of ether oxygens (including phenoxy) is 1. The maximum Gasteiger partial charge on any atom is 0.351 e. The van der Waals surface area contributed by atoms with Crippen LogP contribution in [0.3, 0.4) is 0 Å². The molecule has 0 amide bonds. The van der Waals surface area contributed by atoms with E-state index >= 15 is 0 Å². The number of hydrogen-bond donors (Lipinski definition) is 2. The SMILES string of the molecule is CCOC(=O)/C(C#N)=C(\N)c1ccc(NC)cc1. The Hall–Kier alpha value is -2.48. The number of nitrogens with zero attached hydrogens (tertiary/aromatic N) is 1. The molecule has 0 bridgehead atoms. The zero-order chi connectivity index (χ0) is 13.5.